The van der Waals surface area contributed by atoms with Crippen LogP contribution in [0.3, 0.4) is 0 Å². The van der Waals surface area contributed by atoms with Gasteiger partial charge >= 0.3 is 5.97 Å². The predicted molar refractivity (Wildman–Crippen MR) is 98.7 cm³/mol. The van der Waals surface area contributed by atoms with Crippen LogP contribution < -0.4 is 0 Å². The third-order valence-electron chi connectivity index (χ3n) is 5.15. The van der Waals surface area contributed by atoms with Crippen LogP contribution in [0.25, 0.3) is 5.69 Å². The number of aliphatic carboxylic acids is 1. The minimum Gasteiger partial charge on any atom is -0.480 e. The number of fused-ring (bicyclic) bond motifs is 1. The molecule has 1 heterocycles. The normalized spacial score (nSPS) is 14.1. The number of halogens is 1. The molecule has 144 valence electrons. The van der Waals surface area contributed by atoms with Crippen molar-refractivity contribution in [2.75, 3.05) is 6.54 Å². The van der Waals surface area contributed by atoms with Crippen LogP contribution in [0.15, 0.2) is 18.2 Å². The second-order valence-electron chi connectivity index (χ2n) is 7.08. The van der Waals surface area contributed by atoms with Gasteiger partial charge in [-0.15, -0.1) is 0 Å². The Morgan fingerprint density at radius 3 is 2.74 bits per heavy atom. The molecule has 1 amide bonds. The molecule has 7 heteroatoms. The van der Waals surface area contributed by atoms with Crippen molar-refractivity contribution < 1.29 is 19.1 Å². The van der Waals surface area contributed by atoms with Crippen LogP contribution in [0.5, 0.6) is 0 Å². The van der Waals surface area contributed by atoms with Gasteiger partial charge in [-0.3, -0.25) is 9.59 Å². The molecule has 1 aliphatic carbocycles. The molecule has 1 N–H and O–H groups in total. The first-order chi connectivity index (χ1) is 12.8. The molecule has 0 saturated heterocycles. The summed E-state index contributed by atoms with van der Waals surface area (Å²) in [5.41, 5.74) is 3.00. The van der Waals surface area contributed by atoms with Gasteiger partial charge in [0.15, 0.2) is 5.69 Å². The molecule has 0 fully saturated rings. The number of rotatable bonds is 6. The lowest BCUT2D eigenvalue weighted by Gasteiger charge is -2.26. The van der Waals surface area contributed by atoms with E-state index in [0.29, 0.717) is 24.9 Å². The van der Waals surface area contributed by atoms with Crippen molar-refractivity contribution in [1.29, 1.82) is 0 Å². The zero-order valence-corrected chi connectivity index (χ0v) is 15.8. The first-order valence-corrected chi connectivity index (χ1v) is 9.23. The Kier molecular flexibility index (Phi) is 5.30. The van der Waals surface area contributed by atoms with E-state index in [2.05, 4.69) is 5.10 Å². The summed E-state index contributed by atoms with van der Waals surface area (Å²) in [6.07, 6.45) is 2.90. The van der Waals surface area contributed by atoms with Gasteiger partial charge in [0.2, 0.25) is 0 Å². The number of carbonyl (C=O) groups excluding carboxylic acids is 1. The van der Waals surface area contributed by atoms with Crippen molar-refractivity contribution in [3.05, 3.63) is 46.5 Å². The number of benzene rings is 1. The minimum atomic E-state index is -1.07. The van der Waals surface area contributed by atoms with E-state index in [1.54, 1.807) is 12.1 Å². The van der Waals surface area contributed by atoms with Gasteiger partial charge < -0.3 is 10.0 Å². The molecule has 27 heavy (non-hydrogen) atoms. The van der Waals surface area contributed by atoms with Crippen LogP contribution in [-0.2, 0) is 17.6 Å². The van der Waals surface area contributed by atoms with Gasteiger partial charge in [0, 0.05) is 17.3 Å². The lowest BCUT2D eigenvalue weighted by molar-refractivity contribution is -0.138. The minimum absolute atomic E-state index is 0.230. The Labute approximate surface area is 157 Å². The van der Waals surface area contributed by atoms with Crippen LogP contribution >= 0.6 is 0 Å². The molecule has 0 radical (unpaired) electrons. The molecular weight excluding hydrogens is 349 g/mol. The monoisotopic (exact) mass is 373 g/mol. The molecule has 1 aromatic carbocycles. The highest BCUT2D eigenvalue weighted by molar-refractivity contribution is 5.96. The Balaban J connectivity index is 2.06. The van der Waals surface area contributed by atoms with Gasteiger partial charge in [-0.2, -0.15) is 5.10 Å². The third kappa shape index (κ3) is 3.59. The summed E-state index contributed by atoms with van der Waals surface area (Å²) in [6, 6.07) is 4.68. The Morgan fingerprint density at radius 2 is 2.11 bits per heavy atom. The van der Waals surface area contributed by atoms with E-state index in [0.717, 1.165) is 23.2 Å². The van der Waals surface area contributed by atoms with Crippen LogP contribution in [0, 0.1) is 12.7 Å². The van der Waals surface area contributed by atoms with Gasteiger partial charge in [0.25, 0.3) is 5.91 Å². The highest BCUT2D eigenvalue weighted by Gasteiger charge is 2.32. The highest BCUT2D eigenvalue weighted by atomic mass is 19.1. The molecule has 1 unspecified atom stereocenters. The summed E-state index contributed by atoms with van der Waals surface area (Å²) in [5, 5.41) is 13.6. The molecule has 1 aliphatic rings. The van der Waals surface area contributed by atoms with E-state index < -0.39 is 17.7 Å². The summed E-state index contributed by atoms with van der Waals surface area (Å²) in [6.45, 7) is 5.15. The standard InChI is InChI=1S/C20H24FN3O3/c1-4-13(3)23(11-18(25)26)20(27)19-14-6-5-7-16(14)24(22-19)17-9-8-12(2)10-15(17)21/h8-10,13H,4-7,11H2,1-3H3,(H,25,26). The number of aryl methyl sites for hydroxylation is 1. The zero-order valence-electron chi connectivity index (χ0n) is 15.8. The van der Waals surface area contributed by atoms with Crippen LogP contribution in [0.1, 0.15) is 54.0 Å². The first-order valence-electron chi connectivity index (χ1n) is 9.23. The number of carboxylic acids is 1. The summed E-state index contributed by atoms with van der Waals surface area (Å²) in [7, 11) is 0. The summed E-state index contributed by atoms with van der Waals surface area (Å²) >= 11 is 0. The summed E-state index contributed by atoms with van der Waals surface area (Å²) < 4.78 is 16.0. The maximum atomic E-state index is 14.5. The fourth-order valence-corrected chi connectivity index (χ4v) is 3.52. The lowest BCUT2D eigenvalue weighted by atomic mass is 10.1. The number of carboxylic acid groups (broad SMARTS) is 1. The number of nitrogens with zero attached hydrogens (tertiary/aromatic N) is 3. The Morgan fingerprint density at radius 1 is 1.37 bits per heavy atom. The molecule has 3 rings (SSSR count). The quantitative estimate of drug-likeness (QED) is 0.844. The third-order valence-corrected chi connectivity index (χ3v) is 5.15. The van der Waals surface area contributed by atoms with Crippen molar-refractivity contribution in [1.82, 2.24) is 14.7 Å². The molecule has 2 aromatic rings. The number of carbonyl (C=O) groups is 2. The van der Waals surface area contributed by atoms with E-state index in [4.69, 9.17) is 0 Å². The lowest BCUT2D eigenvalue weighted by Crippen LogP contribution is -2.42. The summed E-state index contributed by atoms with van der Waals surface area (Å²) in [4.78, 5) is 25.7. The van der Waals surface area contributed by atoms with E-state index in [-0.39, 0.29) is 18.3 Å². The molecule has 1 atom stereocenters. The van der Waals surface area contributed by atoms with E-state index in [9.17, 15) is 19.1 Å². The molecule has 0 bridgehead atoms. The maximum Gasteiger partial charge on any atom is 0.323 e. The van der Waals surface area contributed by atoms with E-state index in [1.165, 1.54) is 15.6 Å². The predicted octanol–water partition coefficient (Wildman–Crippen LogP) is 3.13. The fraction of sp³-hybridized carbons (Fsp3) is 0.450. The molecule has 0 aliphatic heterocycles. The van der Waals surface area contributed by atoms with E-state index >= 15 is 0 Å². The van der Waals surface area contributed by atoms with Crippen LogP contribution in [0.2, 0.25) is 0 Å². The van der Waals surface area contributed by atoms with Crippen molar-refractivity contribution in [2.24, 2.45) is 0 Å². The number of hydrogen-bond acceptors (Lipinski definition) is 3. The average molecular weight is 373 g/mol. The number of amides is 1. The van der Waals surface area contributed by atoms with Crippen molar-refractivity contribution in [3.63, 3.8) is 0 Å². The second-order valence-corrected chi connectivity index (χ2v) is 7.08. The van der Waals surface area contributed by atoms with Crippen molar-refractivity contribution in [3.8, 4) is 5.69 Å². The smallest absolute Gasteiger partial charge is 0.323 e. The Bertz CT molecular complexity index is 891. The van der Waals surface area contributed by atoms with Gasteiger partial charge in [-0.1, -0.05) is 13.0 Å². The largest absolute Gasteiger partial charge is 0.480 e. The van der Waals surface area contributed by atoms with Crippen molar-refractivity contribution in [2.45, 2.75) is 52.5 Å². The SMILES string of the molecule is CCC(C)N(CC(=O)O)C(=O)c1nn(-c2ccc(C)cc2F)c2c1CCC2. The maximum absolute atomic E-state index is 14.5. The van der Waals surface area contributed by atoms with Gasteiger partial charge in [-0.25, -0.2) is 9.07 Å². The van der Waals surface area contributed by atoms with E-state index in [1.807, 2.05) is 20.8 Å². The second kappa shape index (κ2) is 7.50. The molecule has 1 aromatic heterocycles. The molecule has 0 spiro atoms. The summed E-state index contributed by atoms with van der Waals surface area (Å²) in [5.74, 6) is -1.86. The Hall–Kier alpha value is -2.70. The molecule has 6 nitrogen and oxygen atoms in total. The van der Waals surface area contributed by atoms with Gasteiger partial charge in [0.1, 0.15) is 18.0 Å². The zero-order chi connectivity index (χ0) is 19.7. The average Bonchev–Trinajstić information content (AvgIpc) is 3.21. The van der Waals surface area contributed by atoms with Gasteiger partial charge in [-0.05, 0) is 57.2 Å². The van der Waals surface area contributed by atoms with Gasteiger partial charge in [0.05, 0.1) is 0 Å². The highest BCUT2D eigenvalue weighted by Crippen LogP contribution is 2.30. The number of hydrogen-bond donors (Lipinski definition) is 1. The fourth-order valence-electron chi connectivity index (χ4n) is 3.52. The van der Waals surface area contributed by atoms with Crippen LogP contribution in [0.4, 0.5) is 4.39 Å². The first kappa shape index (κ1) is 19.1. The molecule has 0 saturated carbocycles. The molecular formula is C20H24FN3O3. The topological polar surface area (TPSA) is 75.4 Å². The van der Waals surface area contributed by atoms with Crippen molar-refractivity contribution >= 4 is 11.9 Å². The number of aromatic nitrogens is 2. The van der Waals surface area contributed by atoms with Crippen LogP contribution in [-0.4, -0.2) is 44.3 Å².